The van der Waals surface area contributed by atoms with Gasteiger partial charge in [-0.25, -0.2) is 8.42 Å². The van der Waals surface area contributed by atoms with Crippen LogP contribution in [0.2, 0.25) is 0 Å². The van der Waals surface area contributed by atoms with Crippen LogP contribution in [-0.4, -0.2) is 44.0 Å². The minimum absolute atomic E-state index is 0.00647. The minimum atomic E-state index is -3.31. The summed E-state index contributed by atoms with van der Waals surface area (Å²) in [5.74, 6) is 0.277. The third kappa shape index (κ3) is 4.93. The van der Waals surface area contributed by atoms with E-state index in [4.69, 9.17) is 14.2 Å². The van der Waals surface area contributed by atoms with Crippen LogP contribution in [0.25, 0.3) is 10.2 Å². The SMILES string of the molecule is CCOC(=O)Cn1c(=NC(=O)Cc2ccc(S(=O)(=O)CC)cc2)sc2cc3c(cc21)OCO3. The molecule has 0 aliphatic carbocycles. The van der Waals surface area contributed by atoms with E-state index < -0.39 is 21.7 Å². The van der Waals surface area contributed by atoms with Crippen LogP contribution in [0.15, 0.2) is 46.3 Å². The van der Waals surface area contributed by atoms with Gasteiger partial charge >= 0.3 is 5.97 Å². The molecule has 174 valence electrons. The highest BCUT2D eigenvalue weighted by molar-refractivity contribution is 7.91. The Kier molecular flexibility index (Phi) is 6.52. The molecule has 11 heteroatoms. The van der Waals surface area contributed by atoms with E-state index in [1.54, 1.807) is 42.7 Å². The molecule has 33 heavy (non-hydrogen) atoms. The van der Waals surface area contributed by atoms with Crippen molar-refractivity contribution in [1.29, 1.82) is 0 Å². The molecule has 1 aliphatic rings. The van der Waals surface area contributed by atoms with Crippen molar-refractivity contribution in [2.24, 2.45) is 4.99 Å². The van der Waals surface area contributed by atoms with Gasteiger partial charge in [-0.1, -0.05) is 30.4 Å². The molecule has 1 amide bonds. The summed E-state index contributed by atoms with van der Waals surface area (Å²) in [4.78, 5) is 29.7. The first-order chi connectivity index (χ1) is 15.8. The number of aromatic nitrogens is 1. The van der Waals surface area contributed by atoms with Gasteiger partial charge in [-0.2, -0.15) is 4.99 Å². The molecule has 0 spiro atoms. The molecule has 4 rings (SSSR count). The Hall–Kier alpha value is -3.18. The zero-order valence-electron chi connectivity index (χ0n) is 18.1. The highest BCUT2D eigenvalue weighted by Gasteiger charge is 2.19. The summed E-state index contributed by atoms with van der Waals surface area (Å²) in [5.41, 5.74) is 1.32. The quantitative estimate of drug-likeness (QED) is 0.468. The maximum atomic E-state index is 12.7. The minimum Gasteiger partial charge on any atom is -0.465 e. The second-order valence-corrected chi connectivity index (χ2v) is 10.5. The third-order valence-corrected chi connectivity index (χ3v) is 7.80. The van der Waals surface area contributed by atoms with Crippen LogP contribution < -0.4 is 14.3 Å². The molecule has 0 atom stereocenters. The number of esters is 1. The predicted octanol–water partition coefficient (Wildman–Crippen LogP) is 2.46. The average Bonchev–Trinajstić information content (AvgIpc) is 3.36. The van der Waals surface area contributed by atoms with E-state index in [0.29, 0.717) is 27.4 Å². The number of nitrogens with zero attached hydrogens (tertiary/aromatic N) is 2. The van der Waals surface area contributed by atoms with Gasteiger partial charge in [0.15, 0.2) is 26.1 Å². The molecular formula is C22H22N2O7S2. The fraction of sp³-hybridized carbons (Fsp3) is 0.318. The third-order valence-electron chi connectivity index (χ3n) is 5.01. The van der Waals surface area contributed by atoms with Crippen molar-refractivity contribution in [3.8, 4) is 11.5 Å². The predicted molar refractivity (Wildman–Crippen MR) is 121 cm³/mol. The van der Waals surface area contributed by atoms with Gasteiger partial charge in [-0.3, -0.25) is 9.59 Å². The summed E-state index contributed by atoms with van der Waals surface area (Å²) < 4.78 is 42.3. The van der Waals surface area contributed by atoms with Gasteiger partial charge < -0.3 is 18.8 Å². The Balaban J connectivity index is 1.66. The molecule has 0 saturated carbocycles. The maximum absolute atomic E-state index is 12.7. The van der Waals surface area contributed by atoms with Crippen LogP contribution in [0.5, 0.6) is 11.5 Å². The Morgan fingerprint density at radius 2 is 1.82 bits per heavy atom. The van der Waals surface area contributed by atoms with Gasteiger partial charge in [-0.15, -0.1) is 0 Å². The fourth-order valence-electron chi connectivity index (χ4n) is 3.34. The second-order valence-electron chi connectivity index (χ2n) is 7.18. The molecule has 2 heterocycles. The Morgan fingerprint density at radius 1 is 1.12 bits per heavy atom. The number of rotatable bonds is 7. The molecule has 2 aromatic carbocycles. The number of ether oxygens (including phenoxy) is 3. The summed E-state index contributed by atoms with van der Waals surface area (Å²) in [5, 5.41) is 0. The van der Waals surface area contributed by atoms with E-state index in [0.717, 1.165) is 4.70 Å². The number of benzene rings is 2. The van der Waals surface area contributed by atoms with Crippen molar-refractivity contribution in [1.82, 2.24) is 4.57 Å². The van der Waals surface area contributed by atoms with Crippen LogP contribution in [-0.2, 0) is 37.1 Å². The highest BCUT2D eigenvalue weighted by Crippen LogP contribution is 2.37. The van der Waals surface area contributed by atoms with Crippen molar-refractivity contribution >= 4 is 43.3 Å². The largest absolute Gasteiger partial charge is 0.465 e. The Bertz CT molecular complexity index is 1390. The molecule has 0 N–H and O–H groups in total. The van der Waals surface area contributed by atoms with Crippen LogP contribution in [0.3, 0.4) is 0 Å². The van der Waals surface area contributed by atoms with Gasteiger partial charge in [0.2, 0.25) is 6.79 Å². The number of hydrogen-bond acceptors (Lipinski definition) is 8. The van der Waals surface area contributed by atoms with Crippen LogP contribution in [0.1, 0.15) is 19.4 Å². The number of hydrogen-bond donors (Lipinski definition) is 0. The van der Waals surface area contributed by atoms with E-state index in [2.05, 4.69) is 4.99 Å². The van der Waals surface area contributed by atoms with Gasteiger partial charge in [0, 0.05) is 12.1 Å². The summed E-state index contributed by atoms with van der Waals surface area (Å²) in [6.45, 7) is 3.55. The van der Waals surface area contributed by atoms with Gasteiger partial charge in [0.25, 0.3) is 5.91 Å². The lowest BCUT2D eigenvalue weighted by molar-refractivity contribution is -0.143. The topological polar surface area (TPSA) is 113 Å². The van der Waals surface area contributed by atoms with E-state index >= 15 is 0 Å². The van der Waals surface area contributed by atoms with E-state index in [-0.39, 0.29) is 37.0 Å². The van der Waals surface area contributed by atoms with Crippen LogP contribution in [0, 0.1) is 0 Å². The van der Waals surface area contributed by atoms with E-state index in [1.165, 1.54) is 23.5 Å². The standard InChI is InChI=1S/C22H22N2O7S2/c1-3-29-21(26)12-24-16-10-17-18(31-13-30-17)11-19(16)32-22(24)23-20(25)9-14-5-7-15(8-6-14)33(27,28)4-2/h5-8,10-11H,3-4,9,12-13H2,1-2H3. The molecule has 1 aliphatic heterocycles. The first-order valence-corrected chi connectivity index (χ1v) is 12.8. The fourth-order valence-corrected chi connectivity index (χ4v) is 5.28. The monoisotopic (exact) mass is 490 g/mol. The van der Waals surface area contributed by atoms with Crippen molar-refractivity contribution in [2.75, 3.05) is 19.2 Å². The van der Waals surface area contributed by atoms with Crippen molar-refractivity contribution in [3.63, 3.8) is 0 Å². The zero-order chi connectivity index (χ0) is 23.6. The lowest BCUT2D eigenvalue weighted by atomic mass is 10.1. The lowest BCUT2D eigenvalue weighted by Gasteiger charge is -2.06. The van der Waals surface area contributed by atoms with Crippen molar-refractivity contribution in [3.05, 3.63) is 46.8 Å². The number of sulfone groups is 1. The van der Waals surface area contributed by atoms with Gasteiger partial charge in [-0.05, 0) is 24.6 Å². The summed E-state index contributed by atoms with van der Waals surface area (Å²) in [6, 6.07) is 9.73. The Morgan fingerprint density at radius 3 is 2.48 bits per heavy atom. The molecule has 3 aromatic rings. The smallest absolute Gasteiger partial charge is 0.326 e. The van der Waals surface area contributed by atoms with Crippen molar-refractivity contribution < 1.29 is 32.2 Å². The lowest BCUT2D eigenvalue weighted by Crippen LogP contribution is -2.23. The number of fused-ring (bicyclic) bond motifs is 2. The normalized spacial score (nSPS) is 13.5. The zero-order valence-corrected chi connectivity index (χ0v) is 19.7. The average molecular weight is 491 g/mol. The first-order valence-electron chi connectivity index (χ1n) is 10.3. The first kappa shape index (κ1) is 23.0. The molecule has 0 fully saturated rings. The molecular weight excluding hydrogens is 468 g/mol. The van der Waals surface area contributed by atoms with Gasteiger partial charge in [0.05, 0.1) is 33.9 Å². The molecule has 0 saturated heterocycles. The molecule has 0 unspecified atom stereocenters. The van der Waals surface area contributed by atoms with Gasteiger partial charge in [0.1, 0.15) is 6.54 Å². The second kappa shape index (κ2) is 9.36. The van der Waals surface area contributed by atoms with Crippen molar-refractivity contribution in [2.45, 2.75) is 31.7 Å². The molecule has 1 aromatic heterocycles. The number of amides is 1. The van der Waals surface area contributed by atoms with Crippen LogP contribution >= 0.6 is 11.3 Å². The summed E-state index contributed by atoms with van der Waals surface area (Å²) in [6.07, 6.45) is -0.0111. The Labute approximate surface area is 194 Å². The molecule has 9 nitrogen and oxygen atoms in total. The van der Waals surface area contributed by atoms with E-state index in [9.17, 15) is 18.0 Å². The highest BCUT2D eigenvalue weighted by atomic mass is 32.2. The molecule has 0 radical (unpaired) electrons. The number of carbonyl (C=O) groups is 2. The number of carbonyl (C=O) groups excluding carboxylic acids is 2. The van der Waals surface area contributed by atoms with E-state index in [1.807, 2.05) is 0 Å². The van der Waals surface area contributed by atoms with Crippen LogP contribution in [0.4, 0.5) is 0 Å². The molecule has 0 bridgehead atoms. The summed E-state index contributed by atoms with van der Waals surface area (Å²) in [7, 11) is -3.31. The number of thiazole rings is 1. The summed E-state index contributed by atoms with van der Waals surface area (Å²) >= 11 is 1.25. The maximum Gasteiger partial charge on any atom is 0.326 e.